The van der Waals surface area contributed by atoms with E-state index in [1.54, 1.807) is 12.1 Å². The Kier molecular flexibility index (Phi) is 15.5. The smallest absolute Gasteiger partial charge is 1.00 e. The fourth-order valence-corrected chi connectivity index (χ4v) is 3.65. The summed E-state index contributed by atoms with van der Waals surface area (Å²) in [6.45, 7) is 2.55. The Hall–Kier alpha value is 0.130. The second kappa shape index (κ2) is 15.4. The molecule has 0 spiro atoms. The fraction of sp³-hybridized carbons (Fsp3) is 0.684. The summed E-state index contributed by atoms with van der Waals surface area (Å²) in [6, 6.07) is 9.17. The van der Waals surface area contributed by atoms with Crippen molar-refractivity contribution in [2.45, 2.75) is 76.9 Å². The summed E-state index contributed by atoms with van der Waals surface area (Å²) in [6.07, 6.45) is 12.3. The normalized spacial score (nSPS) is 11.2. The van der Waals surface area contributed by atoms with Gasteiger partial charge in [0.1, 0.15) is 5.75 Å². The number of rotatable bonds is 14. The van der Waals surface area contributed by atoms with E-state index in [1.165, 1.54) is 51.4 Å². The van der Waals surface area contributed by atoms with E-state index in [2.05, 4.69) is 6.92 Å². The van der Waals surface area contributed by atoms with Crippen LogP contribution in [-0.2, 0) is 20.1 Å². The first-order valence-electron chi connectivity index (χ1n) is 9.05. The van der Waals surface area contributed by atoms with Crippen molar-refractivity contribution in [2.24, 2.45) is 0 Å². The Morgan fingerprint density at radius 1 is 0.833 bits per heavy atom. The molecule has 0 saturated carbocycles. The zero-order valence-corrected chi connectivity index (χ0v) is 18.3. The number of hydrogen-bond acceptors (Lipinski definition) is 3. The van der Waals surface area contributed by atoms with Gasteiger partial charge in [0.25, 0.3) is 10.1 Å². The molecule has 0 unspecified atom stereocenters. The van der Waals surface area contributed by atoms with Gasteiger partial charge >= 0.3 is 29.6 Å². The molecule has 24 heavy (non-hydrogen) atoms. The minimum Gasteiger partial charge on any atom is -1.00 e. The average molecular weight is 365 g/mol. The fourth-order valence-electron chi connectivity index (χ4n) is 2.60. The first kappa shape index (κ1) is 24.1. The van der Waals surface area contributed by atoms with Crippen LogP contribution in [0.4, 0.5) is 0 Å². The molecule has 0 bridgehead atoms. The van der Waals surface area contributed by atoms with Gasteiger partial charge in [-0.3, -0.25) is 4.18 Å². The van der Waals surface area contributed by atoms with E-state index in [1.807, 2.05) is 18.2 Å². The second-order valence-electron chi connectivity index (χ2n) is 6.19. The summed E-state index contributed by atoms with van der Waals surface area (Å²) in [7, 11) is -3.44. The quantitative estimate of drug-likeness (QED) is 0.289. The molecule has 0 aliphatic heterocycles. The zero-order chi connectivity index (χ0) is 16.8. The van der Waals surface area contributed by atoms with Crippen LogP contribution in [0.5, 0.6) is 0 Å². The van der Waals surface area contributed by atoms with Gasteiger partial charge in [0, 0.05) is 0 Å². The first-order chi connectivity index (χ1) is 11.1. The molecule has 0 saturated heterocycles. The van der Waals surface area contributed by atoms with Gasteiger partial charge in [-0.2, -0.15) is 8.42 Å². The van der Waals surface area contributed by atoms with Crippen LogP contribution < -0.4 is 29.6 Å². The summed E-state index contributed by atoms with van der Waals surface area (Å²) in [5, 5.41) is 0. The van der Waals surface area contributed by atoms with Crippen LogP contribution in [0.1, 0.15) is 78.1 Å². The first-order valence-corrected chi connectivity index (χ1v) is 10.6. The van der Waals surface area contributed by atoms with Crippen molar-refractivity contribution in [2.75, 3.05) is 6.61 Å². The molecule has 0 aromatic heterocycles. The molecule has 0 aliphatic carbocycles. The Morgan fingerprint density at radius 2 is 1.33 bits per heavy atom. The summed E-state index contributed by atoms with van der Waals surface area (Å²) in [5.41, 5.74) is 0.774. The molecule has 134 valence electrons. The van der Waals surface area contributed by atoms with Gasteiger partial charge in [-0.25, -0.2) is 0 Å². The molecule has 1 aromatic carbocycles. The van der Waals surface area contributed by atoms with Crippen LogP contribution in [-0.4, -0.2) is 15.0 Å². The van der Waals surface area contributed by atoms with Crippen molar-refractivity contribution in [3.63, 3.8) is 0 Å². The molecule has 0 fully saturated rings. The number of unbranched alkanes of at least 4 members (excludes halogenated alkanes) is 9. The molecule has 0 N–H and O–H groups in total. The van der Waals surface area contributed by atoms with Crippen molar-refractivity contribution in [1.29, 1.82) is 0 Å². The van der Waals surface area contributed by atoms with Gasteiger partial charge < -0.3 is 1.43 Å². The third kappa shape index (κ3) is 13.4. The molecule has 0 heterocycles. The minimum absolute atomic E-state index is 0. The summed E-state index contributed by atoms with van der Waals surface area (Å²) < 4.78 is 28.8. The van der Waals surface area contributed by atoms with E-state index in [9.17, 15) is 8.42 Å². The van der Waals surface area contributed by atoms with Crippen molar-refractivity contribution in [3.05, 3.63) is 35.9 Å². The predicted molar refractivity (Wildman–Crippen MR) is 98.0 cm³/mol. The second-order valence-corrected chi connectivity index (χ2v) is 7.83. The van der Waals surface area contributed by atoms with Crippen LogP contribution in [0.15, 0.2) is 30.3 Å². The minimum atomic E-state index is -3.44. The molecule has 0 amide bonds. The third-order valence-electron chi connectivity index (χ3n) is 3.95. The standard InChI is InChI=1S/C19H32O3S.Na.H/c1-2-3-4-5-6-7-8-9-10-14-17-22-23(20,21)18-19-15-12-11-13-16-19;;/h11-13,15-16H,2-10,14,17-18H2,1H3;;/q;+1;-1. The van der Waals surface area contributed by atoms with Crippen LogP contribution in [0.2, 0.25) is 0 Å². The molecule has 1 aromatic rings. The Balaban J connectivity index is 0. The molecule has 1 rings (SSSR count). The molecule has 3 nitrogen and oxygen atoms in total. The van der Waals surface area contributed by atoms with Gasteiger partial charge in [-0.1, -0.05) is 95.0 Å². The summed E-state index contributed by atoms with van der Waals surface area (Å²) in [4.78, 5) is 0. The molecular formula is C19H33NaO3S. The third-order valence-corrected chi connectivity index (χ3v) is 5.16. The topological polar surface area (TPSA) is 43.4 Å². The average Bonchev–Trinajstić information content (AvgIpc) is 2.53. The van der Waals surface area contributed by atoms with Crippen molar-refractivity contribution < 1.29 is 43.6 Å². The van der Waals surface area contributed by atoms with Gasteiger partial charge in [0.05, 0.1) is 6.61 Å². The van der Waals surface area contributed by atoms with Crippen LogP contribution in [0, 0.1) is 0 Å². The zero-order valence-electron chi connectivity index (χ0n) is 16.5. The van der Waals surface area contributed by atoms with E-state index in [4.69, 9.17) is 4.18 Å². The molecule has 0 radical (unpaired) electrons. The van der Waals surface area contributed by atoms with E-state index >= 15 is 0 Å². The van der Waals surface area contributed by atoms with Gasteiger partial charge in [0.2, 0.25) is 0 Å². The molecule has 5 heteroatoms. The van der Waals surface area contributed by atoms with Gasteiger partial charge in [-0.15, -0.1) is 0 Å². The Bertz CT molecular complexity index is 495. The van der Waals surface area contributed by atoms with E-state index in [0.29, 0.717) is 6.61 Å². The van der Waals surface area contributed by atoms with Crippen molar-refractivity contribution >= 4 is 10.1 Å². The summed E-state index contributed by atoms with van der Waals surface area (Å²) >= 11 is 0. The van der Waals surface area contributed by atoms with Crippen LogP contribution in [0.25, 0.3) is 0 Å². The maximum absolute atomic E-state index is 11.8. The molecular weight excluding hydrogens is 331 g/mol. The maximum Gasteiger partial charge on any atom is 1.00 e. The Labute approximate surface area is 172 Å². The maximum atomic E-state index is 11.8. The van der Waals surface area contributed by atoms with E-state index in [0.717, 1.165) is 18.4 Å². The monoisotopic (exact) mass is 364 g/mol. The predicted octanol–water partition coefficient (Wildman–Crippen LogP) is 2.57. The Morgan fingerprint density at radius 3 is 1.88 bits per heavy atom. The van der Waals surface area contributed by atoms with Crippen molar-refractivity contribution in [3.8, 4) is 0 Å². The number of hydrogen-bond donors (Lipinski definition) is 0. The van der Waals surface area contributed by atoms with E-state index < -0.39 is 10.1 Å². The molecule has 0 atom stereocenters. The molecule has 0 aliphatic rings. The summed E-state index contributed by atoms with van der Waals surface area (Å²) in [5.74, 6) is -0.0361. The van der Waals surface area contributed by atoms with Crippen molar-refractivity contribution in [1.82, 2.24) is 0 Å². The van der Waals surface area contributed by atoms with E-state index in [-0.39, 0.29) is 36.7 Å². The SMILES string of the molecule is CCCCCCCCCCCCOS(=O)(=O)Cc1ccccc1.[H-].[Na+]. The van der Waals surface area contributed by atoms with Gasteiger partial charge in [0.15, 0.2) is 0 Å². The van der Waals surface area contributed by atoms with Crippen LogP contribution in [0.3, 0.4) is 0 Å². The number of benzene rings is 1. The van der Waals surface area contributed by atoms with Gasteiger partial charge in [-0.05, 0) is 12.0 Å². The van der Waals surface area contributed by atoms with Crippen LogP contribution >= 0.6 is 0 Å². The largest absolute Gasteiger partial charge is 1.00 e.